The first kappa shape index (κ1) is 19.9. The van der Waals surface area contributed by atoms with E-state index in [1.807, 2.05) is 0 Å². The van der Waals surface area contributed by atoms with Gasteiger partial charge in [-0.2, -0.15) is 4.73 Å². The van der Waals surface area contributed by atoms with Crippen LogP contribution in [0.3, 0.4) is 0 Å². The van der Waals surface area contributed by atoms with Crippen molar-refractivity contribution in [3.05, 3.63) is 34.6 Å². The first-order chi connectivity index (χ1) is 11.7. The standard InChI is InChI=1S/C15H17ClFN3O3S2/c1-4-20(14(21)9(2)8-25(3)23)15-12(16)18-13(24-15)10-5-11(17)7-19(22)6-10/h5-7,9H,4,8H2,1-3H3. The summed E-state index contributed by atoms with van der Waals surface area (Å²) in [4.78, 5) is 18.2. The maximum atomic E-state index is 13.4. The predicted octanol–water partition coefficient (Wildman–Crippen LogP) is 2.60. The second-order valence-electron chi connectivity index (χ2n) is 5.44. The summed E-state index contributed by atoms with van der Waals surface area (Å²) in [6, 6.07) is 1.17. The van der Waals surface area contributed by atoms with Crippen LogP contribution in [0.2, 0.25) is 5.15 Å². The van der Waals surface area contributed by atoms with E-state index >= 15 is 0 Å². The van der Waals surface area contributed by atoms with Crippen molar-refractivity contribution in [2.75, 3.05) is 23.5 Å². The van der Waals surface area contributed by atoms with Crippen molar-refractivity contribution in [2.24, 2.45) is 5.92 Å². The zero-order chi connectivity index (χ0) is 18.7. The van der Waals surface area contributed by atoms with E-state index in [4.69, 9.17) is 11.6 Å². The third-order valence-electron chi connectivity index (χ3n) is 3.36. The Morgan fingerprint density at radius 3 is 2.80 bits per heavy atom. The molecule has 2 aromatic heterocycles. The van der Waals surface area contributed by atoms with E-state index < -0.39 is 22.9 Å². The van der Waals surface area contributed by atoms with Gasteiger partial charge >= 0.3 is 0 Å². The first-order valence-corrected chi connectivity index (χ1v) is 10.3. The Morgan fingerprint density at radius 2 is 2.24 bits per heavy atom. The summed E-state index contributed by atoms with van der Waals surface area (Å²) < 4.78 is 25.1. The number of carbonyl (C=O) groups excluding carboxylic acids is 1. The highest BCUT2D eigenvalue weighted by Crippen LogP contribution is 2.38. The molecule has 6 nitrogen and oxygen atoms in total. The average molecular weight is 406 g/mol. The molecule has 0 saturated heterocycles. The largest absolute Gasteiger partial charge is 0.619 e. The SMILES string of the molecule is CCN(C(=O)C(C)C[S+](C)[O-])c1sc(-c2cc(F)c[n+]([O-])c2)nc1Cl. The van der Waals surface area contributed by atoms with E-state index in [9.17, 15) is 18.9 Å². The fraction of sp³-hybridized carbons (Fsp3) is 0.400. The number of carbonyl (C=O) groups is 1. The molecule has 0 radical (unpaired) electrons. The molecule has 0 aliphatic carbocycles. The van der Waals surface area contributed by atoms with Crippen molar-refractivity contribution >= 4 is 45.0 Å². The van der Waals surface area contributed by atoms with Crippen molar-refractivity contribution in [2.45, 2.75) is 13.8 Å². The Bertz CT molecular complexity index is 752. The van der Waals surface area contributed by atoms with Gasteiger partial charge in [0.2, 0.25) is 12.1 Å². The topological polar surface area (TPSA) is 83.2 Å². The number of aromatic nitrogens is 2. The van der Waals surface area contributed by atoms with E-state index in [2.05, 4.69) is 4.98 Å². The molecule has 0 fully saturated rings. The molecular formula is C15H17ClFN3O3S2. The van der Waals surface area contributed by atoms with Crippen LogP contribution in [-0.2, 0) is 16.0 Å². The molecule has 1 amide bonds. The minimum atomic E-state index is -1.10. The molecule has 0 saturated carbocycles. The third kappa shape index (κ3) is 4.81. The zero-order valence-corrected chi connectivity index (χ0v) is 16.3. The van der Waals surface area contributed by atoms with Crippen LogP contribution in [0.1, 0.15) is 13.8 Å². The van der Waals surface area contributed by atoms with Crippen molar-refractivity contribution < 1.29 is 18.5 Å². The fourth-order valence-corrected chi connectivity index (χ4v) is 4.52. The molecule has 2 aromatic rings. The van der Waals surface area contributed by atoms with E-state index in [1.54, 1.807) is 20.1 Å². The number of thiazole rings is 1. The van der Waals surface area contributed by atoms with Gasteiger partial charge in [-0.15, -0.1) is 0 Å². The second-order valence-corrected chi connectivity index (χ2v) is 8.26. The number of nitrogens with zero attached hydrogens (tertiary/aromatic N) is 3. The Labute approximate surface area is 157 Å². The quantitative estimate of drug-likeness (QED) is 0.420. The maximum absolute atomic E-state index is 13.4. The number of rotatable bonds is 6. The summed E-state index contributed by atoms with van der Waals surface area (Å²) in [7, 11) is 0. The number of pyridine rings is 1. The highest BCUT2D eigenvalue weighted by atomic mass is 35.5. The van der Waals surface area contributed by atoms with Crippen LogP contribution >= 0.6 is 22.9 Å². The molecule has 0 N–H and O–H groups in total. The van der Waals surface area contributed by atoms with Gasteiger partial charge in [-0.25, -0.2) is 9.37 Å². The highest BCUT2D eigenvalue weighted by molar-refractivity contribution is 7.90. The third-order valence-corrected chi connectivity index (χ3v) is 5.83. The molecule has 0 aliphatic rings. The van der Waals surface area contributed by atoms with Crippen LogP contribution in [0.5, 0.6) is 0 Å². The lowest BCUT2D eigenvalue weighted by molar-refractivity contribution is -0.606. The molecule has 2 atom stereocenters. The first-order valence-electron chi connectivity index (χ1n) is 7.40. The summed E-state index contributed by atoms with van der Waals surface area (Å²) >= 11 is 6.17. The van der Waals surface area contributed by atoms with E-state index in [-0.39, 0.29) is 22.4 Å². The van der Waals surface area contributed by atoms with Crippen LogP contribution in [0.4, 0.5) is 9.39 Å². The smallest absolute Gasteiger partial charge is 0.235 e. The molecular weight excluding hydrogens is 389 g/mol. The summed E-state index contributed by atoms with van der Waals surface area (Å²) in [5.41, 5.74) is 0.277. The Kier molecular flexibility index (Phi) is 6.61. The van der Waals surface area contributed by atoms with Crippen molar-refractivity contribution in [3.8, 4) is 10.6 Å². The molecule has 2 rings (SSSR count). The van der Waals surface area contributed by atoms with Crippen LogP contribution in [-0.4, -0.2) is 34.0 Å². The number of amides is 1. The van der Waals surface area contributed by atoms with E-state index in [0.29, 0.717) is 21.3 Å². The lowest BCUT2D eigenvalue weighted by Crippen LogP contribution is -2.37. The van der Waals surface area contributed by atoms with E-state index in [1.165, 1.54) is 17.2 Å². The minimum absolute atomic E-state index is 0.0988. The van der Waals surface area contributed by atoms with Gasteiger partial charge in [0.15, 0.2) is 17.2 Å². The summed E-state index contributed by atoms with van der Waals surface area (Å²) in [5.74, 6) is -1.10. The van der Waals surface area contributed by atoms with Crippen LogP contribution in [0.25, 0.3) is 10.6 Å². The maximum Gasteiger partial charge on any atom is 0.235 e. The molecule has 136 valence electrons. The monoisotopic (exact) mass is 405 g/mol. The van der Waals surface area contributed by atoms with Gasteiger partial charge < -0.3 is 14.7 Å². The summed E-state index contributed by atoms with van der Waals surface area (Å²) in [5, 5.41) is 12.2. The molecule has 10 heteroatoms. The lowest BCUT2D eigenvalue weighted by atomic mass is 10.2. The Hall–Kier alpha value is -1.42. The van der Waals surface area contributed by atoms with Gasteiger partial charge in [-0.1, -0.05) is 34.1 Å². The number of anilines is 1. The minimum Gasteiger partial charge on any atom is -0.619 e. The lowest BCUT2D eigenvalue weighted by Gasteiger charge is -2.22. The molecule has 0 aliphatic heterocycles. The number of hydrogen-bond acceptors (Lipinski definition) is 5. The van der Waals surface area contributed by atoms with Crippen molar-refractivity contribution in [1.82, 2.24) is 4.98 Å². The molecule has 0 spiro atoms. The average Bonchev–Trinajstić information content (AvgIpc) is 2.88. The predicted molar refractivity (Wildman–Crippen MR) is 97.6 cm³/mol. The van der Waals surface area contributed by atoms with Gasteiger partial charge in [0.1, 0.15) is 15.8 Å². The van der Waals surface area contributed by atoms with E-state index in [0.717, 1.165) is 17.5 Å². The van der Waals surface area contributed by atoms with Crippen molar-refractivity contribution in [3.63, 3.8) is 0 Å². The van der Waals surface area contributed by atoms with Crippen LogP contribution < -0.4 is 9.63 Å². The van der Waals surface area contributed by atoms with Gasteiger partial charge in [0.25, 0.3) is 0 Å². The Balaban J connectivity index is 2.35. The highest BCUT2D eigenvalue weighted by Gasteiger charge is 2.27. The fourth-order valence-electron chi connectivity index (χ4n) is 2.31. The summed E-state index contributed by atoms with van der Waals surface area (Å²) in [6.45, 7) is 3.85. The Morgan fingerprint density at radius 1 is 1.56 bits per heavy atom. The number of halogens is 2. The van der Waals surface area contributed by atoms with Gasteiger partial charge in [-0.3, -0.25) is 4.79 Å². The second kappa shape index (κ2) is 8.31. The molecule has 25 heavy (non-hydrogen) atoms. The van der Waals surface area contributed by atoms with Crippen LogP contribution in [0.15, 0.2) is 18.5 Å². The van der Waals surface area contributed by atoms with Crippen molar-refractivity contribution in [1.29, 1.82) is 0 Å². The van der Waals surface area contributed by atoms with Crippen LogP contribution in [0, 0.1) is 16.9 Å². The zero-order valence-electron chi connectivity index (χ0n) is 13.9. The summed E-state index contributed by atoms with van der Waals surface area (Å²) in [6.07, 6.45) is 3.52. The van der Waals surface area contributed by atoms with Gasteiger partial charge in [-0.05, 0) is 19.9 Å². The van der Waals surface area contributed by atoms with Gasteiger partial charge in [0.05, 0.1) is 17.7 Å². The molecule has 0 aromatic carbocycles. The molecule has 2 heterocycles. The number of hydrogen-bond donors (Lipinski definition) is 0. The normalized spacial score (nSPS) is 13.5. The molecule has 0 bridgehead atoms. The molecule has 2 unspecified atom stereocenters. The van der Waals surface area contributed by atoms with Gasteiger partial charge in [0, 0.05) is 6.54 Å².